The standard InChI is InChI=1S/C17H23N3O/c1-20(2)15-8-5-7-14(12-15)17(19-18)11-13-6-4-9-16(10-13)21-3/h4-10,12,17,19H,11,18H2,1-3H3. The lowest BCUT2D eigenvalue weighted by molar-refractivity contribution is 0.414. The van der Waals surface area contributed by atoms with Gasteiger partial charge >= 0.3 is 0 Å². The first kappa shape index (κ1) is 15.4. The van der Waals surface area contributed by atoms with Gasteiger partial charge in [-0.1, -0.05) is 24.3 Å². The van der Waals surface area contributed by atoms with E-state index in [2.05, 4.69) is 40.7 Å². The van der Waals surface area contributed by atoms with E-state index in [-0.39, 0.29) is 6.04 Å². The molecule has 112 valence electrons. The van der Waals surface area contributed by atoms with E-state index in [4.69, 9.17) is 10.6 Å². The molecule has 0 spiro atoms. The number of methoxy groups -OCH3 is 1. The van der Waals surface area contributed by atoms with Crippen molar-refractivity contribution >= 4 is 5.69 Å². The van der Waals surface area contributed by atoms with E-state index in [1.165, 1.54) is 16.8 Å². The van der Waals surface area contributed by atoms with Crippen LogP contribution in [0.2, 0.25) is 0 Å². The summed E-state index contributed by atoms with van der Waals surface area (Å²) in [4.78, 5) is 2.09. The average molecular weight is 285 g/mol. The van der Waals surface area contributed by atoms with Crippen LogP contribution in [0.15, 0.2) is 48.5 Å². The number of hydrazine groups is 1. The van der Waals surface area contributed by atoms with Crippen LogP contribution in [-0.4, -0.2) is 21.2 Å². The molecule has 0 fully saturated rings. The van der Waals surface area contributed by atoms with Crippen molar-refractivity contribution in [3.05, 3.63) is 59.7 Å². The monoisotopic (exact) mass is 285 g/mol. The number of hydrogen-bond acceptors (Lipinski definition) is 4. The number of rotatable bonds is 6. The molecule has 2 rings (SSSR count). The highest BCUT2D eigenvalue weighted by Crippen LogP contribution is 2.23. The Morgan fingerprint density at radius 3 is 2.57 bits per heavy atom. The van der Waals surface area contributed by atoms with Gasteiger partial charge in [-0.3, -0.25) is 11.3 Å². The minimum absolute atomic E-state index is 0.0667. The molecule has 3 N–H and O–H groups in total. The van der Waals surface area contributed by atoms with E-state index < -0.39 is 0 Å². The van der Waals surface area contributed by atoms with Crippen LogP contribution in [0.1, 0.15) is 17.2 Å². The molecule has 2 aromatic carbocycles. The predicted molar refractivity (Wildman–Crippen MR) is 87.5 cm³/mol. The third-order valence-corrected chi connectivity index (χ3v) is 3.56. The Bertz CT molecular complexity index is 584. The predicted octanol–water partition coefficient (Wildman–Crippen LogP) is 2.51. The topological polar surface area (TPSA) is 50.5 Å². The summed E-state index contributed by atoms with van der Waals surface area (Å²) >= 11 is 0. The van der Waals surface area contributed by atoms with Crippen LogP contribution in [0.5, 0.6) is 5.75 Å². The SMILES string of the molecule is COc1cccc(CC(NN)c2cccc(N(C)C)c2)c1. The largest absolute Gasteiger partial charge is 0.497 e. The van der Waals surface area contributed by atoms with Crippen molar-refractivity contribution in [1.29, 1.82) is 0 Å². The second-order valence-corrected chi connectivity index (χ2v) is 5.26. The van der Waals surface area contributed by atoms with E-state index in [9.17, 15) is 0 Å². The number of nitrogens with zero attached hydrogens (tertiary/aromatic N) is 1. The van der Waals surface area contributed by atoms with Gasteiger partial charge in [-0.05, 0) is 41.8 Å². The van der Waals surface area contributed by atoms with Gasteiger partial charge in [0.15, 0.2) is 0 Å². The molecule has 0 aliphatic rings. The molecule has 0 aromatic heterocycles. The van der Waals surface area contributed by atoms with Gasteiger partial charge in [0.25, 0.3) is 0 Å². The summed E-state index contributed by atoms with van der Waals surface area (Å²) in [6.07, 6.45) is 0.810. The quantitative estimate of drug-likeness (QED) is 0.632. The Balaban J connectivity index is 2.21. The molecule has 1 atom stereocenters. The lowest BCUT2D eigenvalue weighted by atomic mass is 9.98. The molecule has 0 aliphatic carbocycles. The summed E-state index contributed by atoms with van der Waals surface area (Å²) in [7, 11) is 5.75. The number of nitrogens with two attached hydrogens (primary N) is 1. The van der Waals surface area contributed by atoms with Crippen molar-refractivity contribution in [3.63, 3.8) is 0 Å². The second kappa shape index (κ2) is 7.11. The van der Waals surface area contributed by atoms with Crippen molar-refractivity contribution in [3.8, 4) is 5.75 Å². The van der Waals surface area contributed by atoms with Gasteiger partial charge in [0.05, 0.1) is 13.2 Å². The molecule has 0 bridgehead atoms. The molecule has 4 nitrogen and oxygen atoms in total. The third kappa shape index (κ3) is 3.97. The first-order valence-electron chi connectivity index (χ1n) is 7.00. The van der Waals surface area contributed by atoms with Crippen LogP contribution in [0.4, 0.5) is 5.69 Å². The molecule has 0 heterocycles. The number of nitrogens with one attached hydrogen (secondary N) is 1. The van der Waals surface area contributed by atoms with Crippen LogP contribution < -0.4 is 20.9 Å². The number of benzene rings is 2. The van der Waals surface area contributed by atoms with Gasteiger partial charge < -0.3 is 9.64 Å². The molecule has 1 unspecified atom stereocenters. The normalized spacial score (nSPS) is 12.0. The number of anilines is 1. The Morgan fingerprint density at radius 1 is 1.14 bits per heavy atom. The first-order chi connectivity index (χ1) is 10.1. The van der Waals surface area contributed by atoms with Crippen LogP contribution in [0.3, 0.4) is 0 Å². The lowest BCUT2D eigenvalue weighted by Gasteiger charge is -2.20. The zero-order valence-corrected chi connectivity index (χ0v) is 12.8. The van der Waals surface area contributed by atoms with Gasteiger partial charge in [0.1, 0.15) is 5.75 Å². The smallest absolute Gasteiger partial charge is 0.119 e. The maximum absolute atomic E-state index is 5.75. The van der Waals surface area contributed by atoms with E-state index in [1.54, 1.807) is 7.11 Å². The van der Waals surface area contributed by atoms with Crippen molar-refractivity contribution in [2.75, 3.05) is 26.1 Å². The van der Waals surface area contributed by atoms with Crippen LogP contribution >= 0.6 is 0 Å². The number of hydrogen-bond donors (Lipinski definition) is 2. The molecule has 0 saturated carbocycles. The van der Waals surface area contributed by atoms with Crippen molar-refractivity contribution in [2.24, 2.45) is 5.84 Å². The van der Waals surface area contributed by atoms with Crippen LogP contribution in [0.25, 0.3) is 0 Å². The van der Waals surface area contributed by atoms with Gasteiger partial charge in [0, 0.05) is 19.8 Å². The summed E-state index contributed by atoms with van der Waals surface area (Å²) in [5, 5.41) is 0. The highest BCUT2D eigenvalue weighted by molar-refractivity contribution is 5.48. The van der Waals surface area contributed by atoms with Crippen molar-refractivity contribution in [2.45, 2.75) is 12.5 Å². The molecule has 0 radical (unpaired) electrons. The van der Waals surface area contributed by atoms with Gasteiger partial charge in [-0.15, -0.1) is 0 Å². The Morgan fingerprint density at radius 2 is 1.90 bits per heavy atom. The molecule has 0 saturated heterocycles. The fourth-order valence-electron chi connectivity index (χ4n) is 2.33. The fourth-order valence-corrected chi connectivity index (χ4v) is 2.33. The molecule has 4 heteroatoms. The zero-order valence-electron chi connectivity index (χ0n) is 12.8. The zero-order chi connectivity index (χ0) is 15.2. The molecule has 2 aromatic rings. The Hall–Kier alpha value is -2.04. The van der Waals surface area contributed by atoms with E-state index in [1.807, 2.05) is 32.3 Å². The van der Waals surface area contributed by atoms with E-state index in [0.717, 1.165) is 12.2 Å². The van der Waals surface area contributed by atoms with Crippen molar-refractivity contribution in [1.82, 2.24) is 5.43 Å². The summed E-state index contributed by atoms with van der Waals surface area (Å²) in [5.41, 5.74) is 6.44. The summed E-state index contributed by atoms with van der Waals surface area (Å²) < 4.78 is 5.27. The third-order valence-electron chi connectivity index (χ3n) is 3.56. The van der Waals surface area contributed by atoms with Gasteiger partial charge in [-0.2, -0.15) is 0 Å². The second-order valence-electron chi connectivity index (χ2n) is 5.26. The minimum Gasteiger partial charge on any atom is -0.497 e. The molecular formula is C17H23N3O. The summed E-state index contributed by atoms with van der Waals surface area (Å²) in [6, 6.07) is 16.5. The first-order valence-corrected chi connectivity index (χ1v) is 7.00. The van der Waals surface area contributed by atoms with E-state index >= 15 is 0 Å². The molecule has 21 heavy (non-hydrogen) atoms. The minimum atomic E-state index is 0.0667. The van der Waals surface area contributed by atoms with Crippen molar-refractivity contribution < 1.29 is 4.74 Å². The maximum Gasteiger partial charge on any atom is 0.119 e. The summed E-state index contributed by atoms with van der Waals surface area (Å²) in [6.45, 7) is 0. The fraction of sp³-hybridized carbons (Fsp3) is 0.294. The van der Waals surface area contributed by atoms with E-state index in [0.29, 0.717) is 0 Å². The average Bonchev–Trinajstić information content (AvgIpc) is 2.53. The van der Waals surface area contributed by atoms with Gasteiger partial charge in [0.2, 0.25) is 0 Å². The summed E-state index contributed by atoms with van der Waals surface area (Å²) in [5.74, 6) is 6.62. The highest BCUT2D eigenvalue weighted by Gasteiger charge is 2.12. The van der Waals surface area contributed by atoms with Gasteiger partial charge in [-0.25, -0.2) is 0 Å². The number of ether oxygens (including phenoxy) is 1. The Kier molecular flexibility index (Phi) is 5.20. The molecule has 0 amide bonds. The Labute approximate surface area is 126 Å². The van der Waals surface area contributed by atoms with Crippen LogP contribution in [0, 0.1) is 0 Å². The van der Waals surface area contributed by atoms with Crippen LogP contribution in [-0.2, 0) is 6.42 Å². The molecular weight excluding hydrogens is 262 g/mol. The maximum atomic E-state index is 5.75. The molecule has 0 aliphatic heterocycles. The lowest BCUT2D eigenvalue weighted by Crippen LogP contribution is -2.29. The highest BCUT2D eigenvalue weighted by atomic mass is 16.5.